The van der Waals surface area contributed by atoms with Gasteiger partial charge in [0, 0.05) is 32.7 Å². The minimum atomic E-state index is -3.31. The molecule has 0 spiro atoms. The van der Waals surface area contributed by atoms with Gasteiger partial charge in [0.2, 0.25) is 0 Å². The largest absolute Gasteiger partial charge is 0.326 e. The summed E-state index contributed by atoms with van der Waals surface area (Å²) in [6.45, 7) is 2.46. The van der Waals surface area contributed by atoms with E-state index in [4.69, 9.17) is 5.73 Å². The Labute approximate surface area is 92.4 Å². The highest BCUT2D eigenvalue weighted by Gasteiger charge is 2.35. The molecule has 0 radical (unpaired) electrons. The first-order valence-corrected chi connectivity index (χ1v) is 6.72. The highest BCUT2D eigenvalue weighted by molar-refractivity contribution is 7.86. The van der Waals surface area contributed by atoms with Gasteiger partial charge in [-0.2, -0.15) is 17.0 Å². The van der Waals surface area contributed by atoms with E-state index >= 15 is 0 Å². The van der Waals surface area contributed by atoms with E-state index in [1.165, 1.54) is 4.31 Å². The van der Waals surface area contributed by atoms with Gasteiger partial charge in [0.05, 0.1) is 0 Å². The molecule has 15 heavy (non-hydrogen) atoms. The van der Waals surface area contributed by atoms with Crippen LogP contribution in [0.25, 0.3) is 0 Å². The van der Waals surface area contributed by atoms with Crippen molar-refractivity contribution in [1.82, 2.24) is 8.61 Å². The first-order chi connectivity index (χ1) is 6.87. The summed E-state index contributed by atoms with van der Waals surface area (Å²) in [7, 11) is -0.192. The first-order valence-electron chi connectivity index (χ1n) is 5.32. The van der Waals surface area contributed by atoms with E-state index in [-0.39, 0.29) is 12.1 Å². The quantitative estimate of drug-likeness (QED) is 0.748. The lowest BCUT2D eigenvalue weighted by atomic mass is 10.00. The Morgan fingerprint density at radius 3 is 2.47 bits per heavy atom. The molecule has 2 atom stereocenters. The predicted octanol–water partition coefficient (Wildman–Crippen LogP) is -0.00550. The minimum Gasteiger partial charge on any atom is -0.326 e. The summed E-state index contributed by atoms with van der Waals surface area (Å²) in [5, 5.41) is 0. The average Bonchev–Trinajstić information content (AvgIpc) is 2.17. The summed E-state index contributed by atoms with van der Waals surface area (Å²) in [6.07, 6.45) is 2.85. The number of piperidine rings is 1. The third-order valence-corrected chi connectivity index (χ3v) is 4.83. The van der Waals surface area contributed by atoms with Crippen LogP contribution in [0.15, 0.2) is 0 Å². The van der Waals surface area contributed by atoms with Gasteiger partial charge in [-0.3, -0.25) is 0 Å². The van der Waals surface area contributed by atoms with Crippen molar-refractivity contribution >= 4 is 10.2 Å². The van der Waals surface area contributed by atoms with Crippen LogP contribution in [0.1, 0.15) is 26.2 Å². The topological polar surface area (TPSA) is 66.6 Å². The molecular formula is C9H21N3O2S. The number of nitrogens with zero attached hydrogens (tertiary/aromatic N) is 2. The molecular weight excluding hydrogens is 214 g/mol. The van der Waals surface area contributed by atoms with Crippen molar-refractivity contribution in [1.29, 1.82) is 0 Å². The molecule has 90 valence electrons. The summed E-state index contributed by atoms with van der Waals surface area (Å²) in [5.74, 6) is 0. The Kier molecular flexibility index (Phi) is 4.11. The third-order valence-electron chi connectivity index (χ3n) is 2.86. The summed E-state index contributed by atoms with van der Waals surface area (Å²) < 4.78 is 26.8. The molecule has 0 aromatic rings. The number of rotatable bonds is 3. The van der Waals surface area contributed by atoms with Gasteiger partial charge in [0.1, 0.15) is 0 Å². The number of hydrogen-bond acceptors (Lipinski definition) is 3. The lowest BCUT2D eigenvalue weighted by Gasteiger charge is -2.38. The van der Waals surface area contributed by atoms with Crippen LogP contribution in [0.5, 0.6) is 0 Å². The van der Waals surface area contributed by atoms with Crippen molar-refractivity contribution in [2.75, 3.05) is 20.6 Å². The monoisotopic (exact) mass is 235 g/mol. The second kappa shape index (κ2) is 4.78. The summed E-state index contributed by atoms with van der Waals surface area (Å²) in [6, 6.07) is -0.161. The van der Waals surface area contributed by atoms with Crippen LogP contribution in [0.2, 0.25) is 0 Å². The van der Waals surface area contributed by atoms with Crippen LogP contribution in [0.4, 0.5) is 0 Å². The van der Waals surface area contributed by atoms with Gasteiger partial charge in [0.25, 0.3) is 10.2 Å². The van der Waals surface area contributed by atoms with Gasteiger partial charge in [-0.25, -0.2) is 0 Å². The molecule has 1 heterocycles. The number of nitrogens with two attached hydrogens (primary N) is 1. The Hall–Kier alpha value is -0.170. The fraction of sp³-hybridized carbons (Fsp3) is 1.00. The van der Waals surface area contributed by atoms with E-state index in [0.29, 0.717) is 6.54 Å². The maximum absolute atomic E-state index is 12.0. The van der Waals surface area contributed by atoms with Gasteiger partial charge in [-0.15, -0.1) is 0 Å². The molecule has 0 aromatic heterocycles. The Bertz CT molecular complexity index is 300. The van der Waals surface area contributed by atoms with Gasteiger partial charge in [-0.1, -0.05) is 6.42 Å². The summed E-state index contributed by atoms with van der Waals surface area (Å²) in [5.41, 5.74) is 5.83. The maximum Gasteiger partial charge on any atom is 0.281 e. The molecule has 0 aliphatic carbocycles. The van der Waals surface area contributed by atoms with Crippen LogP contribution in [-0.2, 0) is 10.2 Å². The molecule has 2 unspecified atom stereocenters. The zero-order valence-corrected chi connectivity index (χ0v) is 10.5. The van der Waals surface area contributed by atoms with Gasteiger partial charge >= 0.3 is 0 Å². The highest BCUT2D eigenvalue weighted by Crippen LogP contribution is 2.23. The number of hydrogen-bond donors (Lipinski definition) is 1. The van der Waals surface area contributed by atoms with Crippen LogP contribution >= 0.6 is 0 Å². The molecule has 1 aliphatic rings. The van der Waals surface area contributed by atoms with Crippen molar-refractivity contribution in [3.63, 3.8) is 0 Å². The van der Waals surface area contributed by atoms with E-state index in [0.717, 1.165) is 19.3 Å². The standard InChI is InChI=1S/C9H21N3O2S/c1-8(10)9-6-4-5-7-12(9)15(13,14)11(2)3/h8-9H,4-7,10H2,1-3H3. The molecule has 6 heteroatoms. The SMILES string of the molecule is CC(N)C1CCCCN1S(=O)(=O)N(C)C. The Balaban J connectivity index is 2.90. The molecule has 0 saturated carbocycles. The molecule has 5 nitrogen and oxygen atoms in total. The van der Waals surface area contributed by atoms with Crippen molar-refractivity contribution in [3.8, 4) is 0 Å². The lowest BCUT2D eigenvalue weighted by molar-refractivity contribution is 0.217. The van der Waals surface area contributed by atoms with Crippen LogP contribution in [-0.4, -0.2) is 49.8 Å². The Morgan fingerprint density at radius 1 is 1.40 bits per heavy atom. The zero-order valence-electron chi connectivity index (χ0n) is 9.68. The first kappa shape index (κ1) is 12.9. The molecule has 0 amide bonds. The third kappa shape index (κ3) is 2.69. The van der Waals surface area contributed by atoms with Crippen molar-refractivity contribution in [2.24, 2.45) is 5.73 Å². The van der Waals surface area contributed by atoms with Gasteiger partial charge in [-0.05, 0) is 19.8 Å². The highest BCUT2D eigenvalue weighted by atomic mass is 32.2. The van der Waals surface area contributed by atoms with E-state index in [1.54, 1.807) is 18.4 Å². The van der Waals surface area contributed by atoms with E-state index in [1.807, 2.05) is 6.92 Å². The molecule has 1 aliphatic heterocycles. The lowest BCUT2D eigenvalue weighted by Crippen LogP contribution is -2.54. The van der Waals surface area contributed by atoms with Crippen molar-refractivity contribution in [3.05, 3.63) is 0 Å². The molecule has 1 fully saturated rings. The van der Waals surface area contributed by atoms with E-state index in [9.17, 15) is 8.42 Å². The molecule has 1 saturated heterocycles. The molecule has 1 rings (SSSR count). The second-order valence-corrected chi connectivity index (χ2v) is 6.42. The van der Waals surface area contributed by atoms with E-state index in [2.05, 4.69) is 0 Å². The van der Waals surface area contributed by atoms with Crippen molar-refractivity contribution < 1.29 is 8.42 Å². The van der Waals surface area contributed by atoms with Crippen molar-refractivity contribution in [2.45, 2.75) is 38.3 Å². The molecule has 0 bridgehead atoms. The maximum atomic E-state index is 12.0. The van der Waals surface area contributed by atoms with Crippen LogP contribution < -0.4 is 5.73 Å². The second-order valence-electron chi connectivity index (χ2n) is 4.32. The Morgan fingerprint density at radius 2 is 2.00 bits per heavy atom. The fourth-order valence-corrected chi connectivity index (χ4v) is 3.37. The zero-order chi connectivity index (χ0) is 11.6. The minimum absolute atomic E-state index is 0.0499. The normalized spacial score (nSPS) is 26.9. The van der Waals surface area contributed by atoms with Crippen LogP contribution in [0.3, 0.4) is 0 Å². The smallest absolute Gasteiger partial charge is 0.281 e. The van der Waals surface area contributed by atoms with Crippen LogP contribution in [0, 0.1) is 0 Å². The van der Waals surface area contributed by atoms with E-state index < -0.39 is 10.2 Å². The van der Waals surface area contributed by atoms with Gasteiger partial charge < -0.3 is 5.73 Å². The summed E-state index contributed by atoms with van der Waals surface area (Å²) in [4.78, 5) is 0. The average molecular weight is 235 g/mol. The molecule has 0 aromatic carbocycles. The fourth-order valence-electron chi connectivity index (χ4n) is 1.95. The molecule has 2 N–H and O–H groups in total. The van der Waals surface area contributed by atoms with Gasteiger partial charge in [0.15, 0.2) is 0 Å². The summed E-state index contributed by atoms with van der Waals surface area (Å²) >= 11 is 0. The predicted molar refractivity (Wildman–Crippen MR) is 60.6 cm³/mol.